The van der Waals surface area contributed by atoms with Gasteiger partial charge in [0.05, 0.1) is 5.69 Å². The Morgan fingerprint density at radius 1 is 1.00 bits per heavy atom. The summed E-state index contributed by atoms with van der Waals surface area (Å²) in [5, 5.41) is 6.60. The second-order valence-electron chi connectivity index (χ2n) is 5.87. The van der Waals surface area contributed by atoms with Crippen LogP contribution >= 0.6 is 0 Å². The first-order valence-corrected chi connectivity index (χ1v) is 8.30. The first-order valence-electron chi connectivity index (χ1n) is 8.30. The maximum Gasteiger partial charge on any atom is 0.229 e. The summed E-state index contributed by atoms with van der Waals surface area (Å²) in [7, 11) is 0. The van der Waals surface area contributed by atoms with E-state index in [-0.39, 0.29) is 0 Å². The number of aryl methyl sites for hydroxylation is 1. The third-order valence-corrected chi connectivity index (χ3v) is 4.07. The van der Waals surface area contributed by atoms with Crippen molar-refractivity contribution in [1.29, 1.82) is 0 Å². The summed E-state index contributed by atoms with van der Waals surface area (Å²) >= 11 is 0. The van der Waals surface area contributed by atoms with Gasteiger partial charge in [-0.1, -0.05) is 48.5 Å². The van der Waals surface area contributed by atoms with Crippen molar-refractivity contribution < 1.29 is 0 Å². The van der Waals surface area contributed by atoms with Crippen LogP contribution in [0.4, 0.5) is 17.5 Å². The number of rotatable bonds is 6. The minimum atomic E-state index is 0.571. The van der Waals surface area contributed by atoms with E-state index < -0.39 is 0 Å². The monoisotopic (exact) mass is 330 g/mol. The van der Waals surface area contributed by atoms with E-state index in [1.54, 1.807) is 0 Å². The Morgan fingerprint density at radius 2 is 1.80 bits per heavy atom. The summed E-state index contributed by atoms with van der Waals surface area (Å²) in [6.07, 6.45) is 1.81. The van der Waals surface area contributed by atoms with Crippen LogP contribution in [-0.2, 0) is 0 Å². The Morgan fingerprint density at radius 3 is 2.56 bits per heavy atom. The molecule has 25 heavy (non-hydrogen) atoms. The SMILES string of the molecule is C=CCNc1cc(-c2ccccc2)nc(Nc2cccc(C)c2C)n1. The normalized spacial score (nSPS) is 10.3. The van der Waals surface area contributed by atoms with Crippen molar-refractivity contribution in [2.45, 2.75) is 13.8 Å². The topological polar surface area (TPSA) is 49.8 Å². The number of anilines is 3. The third-order valence-electron chi connectivity index (χ3n) is 4.07. The molecule has 4 nitrogen and oxygen atoms in total. The van der Waals surface area contributed by atoms with Crippen LogP contribution in [-0.4, -0.2) is 16.5 Å². The molecule has 3 aromatic rings. The molecule has 0 spiro atoms. The third kappa shape index (κ3) is 4.04. The van der Waals surface area contributed by atoms with Crippen LogP contribution in [0, 0.1) is 13.8 Å². The van der Waals surface area contributed by atoms with E-state index in [9.17, 15) is 0 Å². The predicted molar refractivity (Wildman–Crippen MR) is 105 cm³/mol. The first-order chi connectivity index (χ1) is 12.2. The van der Waals surface area contributed by atoms with Crippen molar-refractivity contribution >= 4 is 17.5 Å². The minimum absolute atomic E-state index is 0.571. The predicted octanol–water partition coefficient (Wildman–Crippen LogP) is 5.10. The lowest BCUT2D eigenvalue weighted by Crippen LogP contribution is -2.06. The Kier molecular flexibility index (Phi) is 5.09. The summed E-state index contributed by atoms with van der Waals surface area (Å²) in [5.41, 5.74) is 5.36. The van der Waals surface area contributed by atoms with Crippen molar-refractivity contribution in [3.63, 3.8) is 0 Å². The Hall–Kier alpha value is -3.14. The molecule has 0 amide bonds. The molecule has 0 bridgehead atoms. The van der Waals surface area contributed by atoms with Gasteiger partial charge in [0.2, 0.25) is 5.95 Å². The van der Waals surface area contributed by atoms with E-state index >= 15 is 0 Å². The van der Waals surface area contributed by atoms with Crippen LogP contribution in [0.1, 0.15) is 11.1 Å². The number of nitrogens with zero attached hydrogens (tertiary/aromatic N) is 2. The number of hydrogen-bond acceptors (Lipinski definition) is 4. The maximum absolute atomic E-state index is 4.69. The van der Waals surface area contributed by atoms with E-state index in [0.29, 0.717) is 12.5 Å². The van der Waals surface area contributed by atoms with Crippen molar-refractivity contribution in [3.8, 4) is 11.3 Å². The van der Waals surface area contributed by atoms with Crippen LogP contribution in [0.2, 0.25) is 0 Å². The summed E-state index contributed by atoms with van der Waals surface area (Å²) in [4.78, 5) is 9.27. The quantitative estimate of drug-likeness (QED) is 0.617. The van der Waals surface area contributed by atoms with E-state index in [1.165, 1.54) is 11.1 Å². The van der Waals surface area contributed by atoms with Gasteiger partial charge in [-0.3, -0.25) is 0 Å². The molecule has 1 heterocycles. The van der Waals surface area contributed by atoms with Crippen molar-refractivity contribution in [1.82, 2.24) is 9.97 Å². The van der Waals surface area contributed by atoms with Crippen LogP contribution in [0.3, 0.4) is 0 Å². The average Bonchev–Trinajstić information content (AvgIpc) is 2.64. The molecule has 0 unspecified atom stereocenters. The zero-order valence-corrected chi connectivity index (χ0v) is 14.6. The molecular formula is C21H22N4. The van der Waals surface area contributed by atoms with Crippen LogP contribution < -0.4 is 10.6 Å². The zero-order chi connectivity index (χ0) is 17.6. The lowest BCUT2D eigenvalue weighted by atomic mass is 10.1. The molecule has 1 aromatic heterocycles. The summed E-state index contributed by atoms with van der Waals surface area (Å²) < 4.78 is 0. The number of nitrogens with one attached hydrogen (secondary N) is 2. The molecule has 0 aliphatic carbocycles. The van der Waals surface area contributed by atoms with Gasteiger partial charge in [0.25, 0.3) is 0 Å². The van der Waals surface area contributed by atoms with Crippen molar-refractivity contribution in [2.24, 2.45) is 0 Å². The highest BCUT2D eigenvalue weighted by Crippen LogP contribution is 2.25. The highest BCUT2D eigenvalue weighted by Gasteiger charge is 2.08. The number of hydrogen-bond donors (Lipinski definition) is 2. The number of benzene rings is 2. The fourth-order valence-electron chi connectivity index (χ4n) is 2.53. The van der Waals surface area contributed by atoms with Gasteiger partial charge < -0.3 is 10.6 Å². The molecule has 2 N–H and O–H groups in total. The highest BCUT2D eigenvalue weighted by molar-refractivity contribution is 5.67. The zero-order valence-electron chi connectivity index (χ0n) is 14.6. The van der Waals surface area contributed by atoms with Crippen molar-refractivity contribution in [3.05, 3.63) is 78.4 Å². The lowest BCUT2D eigenvalue weighted by molar-refractivity contribution is 1.14. The molecule has 0 saturated carbocycles. The molecule has 4 heteroatoms. The Bertz CT molecular complexity index is 872. The largest absolute Gasteiger partial charge is 0.366 e. The summed E-state index contributed by atoms with van der Waals surface area (Å²) in [6, 6.07) is 18.2. The molecule has 0 aliphatic rings. The van der Waals surface area contributed by atoms with Crippen LogP contribution in [0.5, 0.6) is 0 Å². The van der Waals surface area contributed by atoms with Gasteiger partial charge in [0.1, 0.15) is 5.82 Å². The van der Waals surface area contributed by atoms with Gasteiger partial charge in [-0.05, 0) is 31.0 Å². The fraction of sp³-hybridized carbons (Fsp3) is 0.143. The van der Waals surface area contributed by atoms with E-state index in [0.717, 1.165) is 22.8 Å². The molecule has 0 fully saturated rings. The Balaban J connectivity index is 2.00. The van der Waals surface area contributed by atoms with Gasteiger partial charge in [-0.25, -0.2) is 4.98 Å². The standard InChI is InChI=1S/C21H22N4/c1-4-13-22-20-14-19(17-10-6-5-7-11-17)24-21(25-20)23-18-12-8-9-15(2)16(18)3/h4-12,14H,1,13H2,2-3H3,(H2,22,23,24,25). The van der Waals surface area contributed by atoms with Gasteiger partial charge in [0.15, 0.2) is 0 Å². The second-order valence-corrected chi connectivity index (χ2v) is 5.87. The fourth-order valence-corrected chi connectivity index (χ4v) is 2.53. The molecule has 0 aliphatic heterocycles. The molecular weight excluding hydrogens is 308 g/mol. The Labute approximate surface area is 148 Å². The van der Waals surface area contributed by atoms with Crippen LogP contribution in [0.15, 0.2) is 67.3 Å². The molecule has 0 atom stereocenters. The van der Waals surface area contributed by atoms with Gasteiger partial charge in [-0.15, -0.1) is 6.58 Å². The van der Waals surface area contributed by atoms with Gasteiger partial charge in [0, 0.05) is 23.9 Å². The highest BCUT2D eigenvalue weighted by atomic mass is 15.1. The maximum atomic E-state index is 4.69. The number of aromatic nitrogens is 2. The smallest absolute Gasteiger partial charge is 0.229 e. The molecule has 126 valence electrons. The van der Waals surface area contributed by atoms with Crippen LogP contribution in [0.25, 0.3) is 11.3 Å². The molecule has 3 rings (SSSR count). The molecule has 0 radical (unpaired) electrons. The summed E-state index contributed by atoms with van der Waals surface area (Å²) in [5.74, 6) is 1.34. The second kappa shape index (κ2) is 7.62. The summed E-state index contributed by atoms with van der Waals surface area (Å²) in [6.45, 7) is 8.58. The lowest BCUT2D eigenvalue weighted by Gasteiger charge is -2.13. The van der Waals surface area contributed by atoms with E-state index in [4.69, 9.17) is 0 Å². The first kappa shape index (κ1) is 16.7. The molecule has 2 aromatic carbocycles. The van der Waals surface area contributed by atoms with Gasteiger partial charge in [-0.2, -0.15) is 4.98 Å². The van der Waals surface area contributed by atoms with Crippen molar-refractivity contribution in [2.75, 3.05) is 17.2 Å². The molecule has 0 saturated heterocycles. The van der Waals surface area contributed by atoms with E-state index in [2.05, 4.69) is 47.1 Å². The minimum Gasteiger partial charge on any atom is -0.366 e. The van der Waals surface area contributed by atoms with E-state index in [1.807, 2.05) is 54.6 Å². The van der Waals surface area contributed by atoms with Gasteiger partial charge >= 0.3 is 0 Å². The average molecular weight is 330 g/mol.